The number of nitrogens with zero attached hydrogens (tertiary/aromatic N) is 3. The number of halogens is 3. The van der Waals surface area contributed by atoms with E-state index in [9.17, 15) is 27.6 Å². The second-order valence-electron chi connectivity index (χ2n) is 7.65. The van der Waals surface area contributed by atoms with Crippen LogP contribution in [0.15, 0.2) is 54.7 Å². The van der Waals surface area contributed by atoms with Gasteiger partial charge in [-0.1, -0.05) is 23.8 Å². The maximum atomic E-state index is 12.7. The monoisotopic (exact) mass is 456 g/mol. The van der Waals surface area contributed by atoms with Crippen molar-refractivity contribution < 1.29 is 27.6 Å². The molecule has 1 N–H and O–H groups in total. The van der Waals surface area contributed by atoms with E-state index in [-0.39, 0.29) is 25.4 Å². The summed E-state index contributed by atoms with van der Waals surface area (Å²) in [6.07, 6.45) is -3.34. The molecule has 0 spiro atoms. The van der Waals surface area contributed by atoms with Gasteiger partial charge in [-0.15, -0.1) is 0 Å². The van der Waals surface area contributed by atoms with E-state index in [0.29, 0.717) is 16.8 Å². The number of hydrogen-bond acceptors (Lipinski definition) is 4. The molecule has 2 aromatic carbocycles. The first-order chi connectivity index (χ1) is 15.6. The topological polar surface area (TPSA) is 84.3 Å². The Balaban J connectivity index is 1.29. The van der Waals surface area contributed by atoms with Crippen molar-refractivity contribution in [3.63, 3.8) is 0 Å². The summed E-state index contributed by atoms with van der Waals surface area (Å²) in [5.41, 5.74) is 1.75. The normalized spacial score (nSPS) is 13.4. The molecule has 0 aliphatic carbocycles. The van der Waals surface area contributed by atoms with Crippen LogP contribution in [0.4, 0.5) is 13.2 Å². The number of benzene rings is 2. The number of aromatic nitrogens is 2. The fraction of sp³-hybridized carbons (Fsp3) is 0.217. The van der Waals surface area contributed by atoms with Gasteiger partial charge in [0.15, 0.2) is 5.69 Å². The predicted octanol–water partition coefficient (Wildman–Crippen LogP) is 3.50. The van der Waals surface area contributed by atoms with Gasteiger partial charge in [-0.2, -0.15) is 18.3 Å². The maximum Gasteiger partial charge on any atom is 0.435 e. The third-order valence-corrected chi connectivity index (χ3v) is 5.26. The molecule has 0 saturated carbocycles. The van der Waals surface area contributed by atoms with Crippen LogP contribution in [0.2, 0.25) is 0 Å². The Morgan fingerprint density at radius 1 is 1.00 bits per heavy atom. The third-order valence-electron chi connectivity index (χ3n) is 5.26. The second-order valence-corrected chi connectivity index (χ2v) is 7.65. The highest BCUT2D eigenvalue weighted by molar-refractivity contribution is 6.21. The van der Waals surface area contributed by atoms with Gasteiger partial charge in [0.1, 0.15) is 0 Å². The van der Waals surface area contributed by atoms with Crippen molar-refractivity contribution in [1.29, 1.82) is 0 Å². The molecule has 1 aliphatic heterocycles. The Bertz CT molecular complexity index is 1230. The zero-order valence-electron chi connectivity index (χ0n) is 17.5. The molecule has 0 unspecified atom stereocenters. The van der Waals surface area contributed by atoms with Crippen LogP contribution in [0.1, 0.15) is 44.0 Å². The van der Waals surface area contributed by atoms with Crippen LogP contribution in [-0.2, 0) is 17.5 Å². The zero-order chi connectivity index (χ0) is 23.8. The molecule has 10 heteroatoms. The van der Waals surface area contributed by atoms with Gasteiger partial charge >= 0.3 is 6.18 Å². The lowest BCUT2D eigenvalue weighted by Gasteiger charge is -2.13. The summed E-state index contributed by atoms with van der Waals surface area (Å²) in [7, 11) is 0. The van der Waals surface area contributed by atoms with Gasteiger partial charge in [-0.3, -0.25) is 19.3 Å². The number of rotatable bonds is 6. The molecular formula is C23H19F3N4O3. The molecule has 0 fully saturated rings. The van der Waals surface area contributed by atoms with Crippen molar-refractivity contribution in [2.45, 2.75) is 26.1 Å². The van der Waals surface area contributed by atoms with Crippen molar-refractivity contribution in [1.82, 2.24) is 20.0 Å². The highest BCUT2D eigenvalue weighted by Gasteiger charge is 2.35. The minimum absolute atomic E-state index is 0.0308. The summed E-state index contributed by atoms with van der Waals surface area (Å²) < 4.78 is 39.2. The lowest BCUT2D eigenvalue weighted by molar-refractivity contribution is -0.141. The van der Waals surface area contributed by atoms with E-state index < -0.39 is 23.7 Å². The SMILES string of the molecule is Cc1ccc2c(c1)C(=O)N(CCC(=O)NCc1ccc(-n3ccc(C(F)(F)F)n3)cc1)C2=O. The molecule has 1 aromatic heterocycles. The summed E-state index contributed by atoms with van der Waals surface area (Å²) in [5, 5.41) is 6.22. The number of aryl methyl sites for hydroxylation is 1. The molecule has 3 amide bonds. The van der Waals surface area contributed by atoms with Crippen molar-refractivity contribution in [2.24, 2.45) is 0 Å². The first-order valence-corrected chi connectivity index (χ1v) is 10.1. The van der Waals surface area contributed by atoms with Gasteiger partial charge in [0.2, 0.25) is 5.91 Å². The summed E-state index contributed by atoms with van der Waals surface area (Å²) in [6, 6.07) is 12.4. The van der Waals surface area contributed by atoms with Crippen LogP contribution < -0.4 is 5.32 Å². The first kappa shape index (κ1) is 22.3. The number of nitrogens with one attached hydrogen (secondary N) is 1. The highest BCUT2D eigenvalue weighted by atomic mass is 19.4. The summed E-state index contributed by atoms with van der Waals surface area (Å²) in [4.78, 5) is 38.2. The van der Waals surface area contributed by atoms with E-state index in [1.807, 2.05) is 6.92 Å². The van der Waals surface area contributed by atoms with Crippen LogP contribution >= 0.6 is 0 Å². The molecule has 170 valence electrons. The van der Waals surface area contributed by atoms with Gasteiger partial charge in [0.05, 0.1) is 16.8 Å². The Hall–Kier alpha value is -3.95. The van der Waals surface area contributed by atoms with Crippen molar-refractivity contribution in [2.75, 3.05) is 6.54 Å². The molecule has 0 saturated heterocycles. The first-order valence-electron chi connectivity index (χ1n) is 10.1. The third kappa shape index (κ3) is 4.64. The van der Waals surface area contributed by atoms with Crippen LogP contribution in [0.5, 0.6) is 0 Å². The quantitative estimate of drug-likeness (QED) is 0.576. The number of amides is 3. The predicted molar refractivity (Wildman–Crippen MR) is 112 cm³/mol. The molecular weight excluding hydrogens is 437 g/mol. The molecule has 7 nitrogen and oxygen atoms in total. The van der Waals surface area contributed by atoms with E-state index in [2.05, 4.69) is 10.4 Å². The maximum absolute atomic E-state index is 12.7. The average Bonchev–Trinajstić information content (AvgIpc) is 3.36. The molecule has 1 aliphatic rings. The molecule has 0 radical (unpaired) electrons. The summed E-state index contributed by atoms with van der Waals surface area (Å²) in [5.74, 6) is -1.16. The van der Waals surface area contributed by atoms with E-state index in [4.69, 9.17) is 0 Å². The molecule has 2 heterocycles. The van der Waals surface area contributed by atoms with Crippen molar-refractivity contribution >= 4 is 17.7 Å². The fourth-order valence-corrected chi connectivity index (χ4v) is 3.50. The Morgan fingerprint density at radius 2 is 1.70 bits per heavy atom. The van der Waals surface area contributed by atoms with Gasteiger partial charge in [0.25, 0.3) is 11.8 Å². The van der Waals surface area contributed by atoms with Gasteiger partial charge in [-0.05, 0) is 42.8 Å². The minimum Gasteiger partial charge on any atom is -0.352 e. The average molecular weight is 456 g/mol. The number of carbonyl (C=O) groups is 3. The van der Waals surface area contributed by atoms with Gasteiger partial charge in [0, 0.05) is 25.7 Å². The van der Waals surface area contributed by atoms with E-state index in [1.165, 1.54) is 6.20 Å². The van der Waals surface area contributed by atoms with E-state index >= 15 is 0 Å². The molecule has 33 heavy (non-hydrogen) atoms. The lowest BCUT2D eigenvalue weighted by Crippen LogP contribution is -2.34. The Kier molecular flexibility index (Phi) is 5.75. The number of hydrogen-bond donors (Lipinski definition) is 1. The largest absolute Gasteiger partial charge is 0.435 e. The van der Waals surface area contributed by atoms with Gasteiger partial charge < -0.3 is 5.32 Å². The molecule has 0 bridgehead atoms. The smallest absolute Gasteiger partial charge is 0.352 e. The molecule has 3 aromatic rings. The summed E-state index contributed by atoms with van der Waals surface area (Å²) in [6.45, 7) is 1.99. The number of imide groups is 1. The number of alkyl halides is 3. The lowest BCUT2D eigenvalue weighted by atomic mass is 10.1. The minimum atomic E-state index is -4.51. The van der Waals surface area contributed by atoms with Crippen molar-refractivity contribution in [3.8, 4) is 5.69 Å². The standard InChI is InChI=1S/C23H19F3N4O3/c1-14-2-7-17-18(12-14)22(33)29(21(17)32)10-9-20(31)27-13-15-3-5-16(6-4-15)30-11-8-19(28-30)23(24,25)26/h2-8,11-12H,9-10,13H2,1H3,(H,27,31). The van der Waals surface area contributed by atoms with Crippen LogP contribution in [0, 0.1) is 6.92 Å². The Labute approximate surface area is 186 Å². The Morgan fingerprint density at radius 3 is 2.36 bits per heavy atom. The molecule has 0 atom stereocenters. The van der Waals surface area contributed by atoms with Crippen molar-refractivity contribution in [3.05, 3.63) is 82.7 Å². The van der Waals surface area contributed by atoms with E-state index in [1.54, 1.807) is 42.5 Å². The molecule has 4 rings (SSSR count). The number of fused-ring (bicyclic) bond motifs is 1. The zero-order valence-corrected chi connectivity index (χ0v) is 17.5. The van der Waals surface area contributed by atoms with Crippen LogP contribution in [-0.4, -0.2) is 38.9 Å². The second kappa shape index (κ2) is 8.53. The highest BCUT2D eigenvalue weighted by Crippen LogP contribution is 2.28. The van der Waals surface area contributed by atoms with E-state index in [0.717, 1.165) is 26.8 Å². The number of carbonyl (C=O) groups excluding carboxylic acids is 3. The van der Waals surface area contributed by atoms with Crippen LogP contribution in [0.3, 0.4) is 0 Å². The summed E-state index contributed by atoms with van der Waals surface area (Å²) >= 11 is 0. The van der Waals surface area contributed by atoms with Crippen LogP contribution in [0.25, 0.3) is 5.69 Å². The van der Waals surface area contributed by atoms with Gasteiger partial charge in [-0.25, -0.2) is 4.68 Å². The fourth-order valence-electron chi connectivity index (χ4n) is 3.50.